The van der Waals surface area contributed by atoms with Crippen LogP contribution in [0.5, 0.6) is 11.5 Å². The standard InChI is InChI=1S/C15H15N3O2/c1-19-12-5-7-13(8-6-12)20-10-11-9-18-14(16)3-2-4-15(18)17-11/h2-9H,10,16H2,1H3. The molecule has 5 heteroatoms. The molecule has 0 aliphatic heterocycles. The third kappa shape index (κ3) is 2.38. The number of hydrogen-bond donors (Lipinski definition) is 1. The molecular formula is C15H15N3O2. The van der Waals surface area contributed by atoms with Crippen molar-refractivity contribution >= 4 is 11.5 Å². The van der Waals surface area contributed by atoms with Crippen LogP contribution in [-0.2, 0) is 6.61 Å². The van der Waals surface area contributed by atoms with Crippen LogP contribution in [0.25, 0.3) is 5.65 Å². The lowest BCUT2D eigenvalue weighted by molar-refractivity contribution is 0.301. The Morgan fingerprint density at radius 3 is 2.55 bits per heavy atom. The number of aromatic nitrogens is 2. The molecule has 0 unspecified atom stereocenters. The van der Waals surface area contributed by atoms with E-state index in [-0.39, 0.29) is 0 Å². The maximum Gasteiger partial charge on any atom is 0.138 e. The predicted molar refractivity (Wildman–Crippen MR) is 76.9 cm³/mol. The summed E-state index contributed by atoms with van der Waals surface area (Å²) in [5.74, 6) is 2.24. The van der Waals surface area contributed by atoms with Gasteiger partial charge in [0.2, 0.25) is 0 Å². The smallest absolute Gasteiger partial charge is 0.138 e. The molecule has 3 aromatic rings. The van der Waals surface area contributed by atoms with Crippen LogP contribution in [0.15, 0.2) is 48.7 Å². The maximum absolute atomic E-state index is 5.88. The summed E-state index contributed by atoms with van der Waals surface area (Å²) in [5, 5.41) is 0. The van der Waals surface area contributed by atoms with Gasteiger partial charge in [0.1, 0.15) is 29.6 Å². The summed E-state index contributed by atoms with van der Waals surface area (Å²) in [4.78, 5) is 4.46. The number of methoxy groups -OCH3 is 1. The van der Waals surface area contributed by atoms with Crippen LogP contribution in [-0.4, -0.2) is 16.5 Å². The van der Waals surface area contributed by atoms with E-state index in [1.54, 1.807) is 7.11 Å². The second-order valence-corrected chi connectivity index (χ2v) is 4.38. The van der Waals surface area contributed by atoms with Crippen molar-refractivity contribution in [2.24, 2.45) is 0 Å². The first kappa shape index (κ1) is 12.3. The van der Waals surface area contributed by atoms with Crippen LogP contribution in [0.2, 0.25) is 0 Å². The molecule has 102 valence electrons. The van der Waals surface area contributed by atoms with E-state index in [0.717, 1.165) is 22.8 Å². The Morgan fingerprint density at radius 2 is 1.85 bits per heavy atom. The zero-order chi connectivity index (χ0) is 13.9. The van der Waals surface area contributed by atoms with Crippen LogP contribution in [0.3, 0.4) is 0 Å². The molecule has 2 heterocycles. The summed E-state index contributed by atoms with van der Waals surface area (Å²) >= 11 is 0. The molecule has 0 bridgehead atoms. The maximum atomic E-state index is 5.88. The Hall–Kier alpha value is -2.69. The van der Waals surface area contributed by atoms with Crippen molar-refractivity contribution in [1.29, 1.82) is 0 Å². The summed E-state index contributed by atoms with van der Waals surface area (Å²) in [5.41, 5.74) is 7.53. The van der Waals surface area contributed by atoms with Crippen LogP contribution in [0.1, 0.15) is 5.69 Å². The minimum atomic E-state index is 0.396. The third-order valence-electron chi connectivity index (χ3n) is 3.02. The molecule has 0 spiro atoms. The summed E-state index contributed by atoms with van der Waals surface area (Å²) in [6.07, 6.45) is 1.88. The van der Waals surface area contributed by atoms with E-state index in [0.29, 0.717) is 12.4 Å². The van der Waals surface area contributed by atoms with Crippen molar-refractivity contribution < 1.29 is 9.47 Å². The second kappa shape index (κ2) is 5.13. The Kier molecular flexibility index (Phi) is 3.16. The van der Waals surface area contributed by atoms with Crippen LogP contribution in [0.4, 0.5) is 5.82 Å². The Labute approximate surface area is 116 Å². The lowest BCUT2D eigenvalue weighted by Gasteiger charge is -2.05. The van der Waals surface area contributed by atoms with E-state index >= 15 is 0 Å². The molecular weight excluding hydrogens is 254 g/mol. The molecule has 0 saturated heterocycles. The van der Waals surface area contributed by atoms with Crippen molar-refractivity contribution in [1.82, 2.24) is 9.38 Å². The summed E-state index contributed by atoms with van der Waals surface area (Å²) < 4.78 is 12.6. The fourth-order valence-electron chi connectivity index (χ4n) is 1.98. The van der Waals surface area contributed by atoms with Gasteiger partial charge in [-0.1, -0.05) is 6.07 Å². The number of hydrogen-bond acceptors (Lipinski definition) is 4. The first-order valence-corrected chi connectivity index (χ1v) is 6.25. The molecule has 0 amide bonds. The zero-order valence-corrected chi connectivity index (χ0v) is 11.1. The second-order valence-electron chi connectivity index (χ2n) is 4.38. The van der Waals surface area contributed by atoms with E-state index in [1.165, 1.54) is 0 Å². The lowest BCUT2D eigenvalue weighted by Crippen LogP contribution is -1.96. The topological polar surface area (TPSA) is 61.8 Å². The Morgan fingerprint density at radius 1 is 1.10 bits per heavy atom. The molecule has 2 N–H and O–H groups in total. The largest absolute Gasteiger partial charge is 0.497 e. The molecule has 2 aromatic heterocycles. The number of nitrogens with two attached hydrogens (primary N) is 1. The third-order valence-corrected chi connectivity index (χ3v) is 3.02. The van der Waals surface area contributed by atoms with E-state index in [2.05, 4.69) is 4.98 Å². The Bertz CT molecular complexity index is 720. The summed E-state index contributed by atoms with van der Waals surface area (Å²) in [6.45, 7) is 0.396. The van der Waals surface area contributed by atoms with Crippen molar-refractivity contribution in [3.05, 3.63) is 54.4 Å². The molecule has 20 heavy (non-hydrogen) atoms. The molecule has 0 saturated carbocycles. The predicted octanol–water partition coefficient (Wildman–Crippen LogP) is 2.50. The summed E-state index contributed by atoms with van der Waals surface area (Å²) in [6, 6.07) is 13.1. The van der Waals surface area contributed by atoms with Gasteiger partial charge in [0.05, 0.1) is 12.8 Å². The highest BCUT2D eigenvalue weighted by molar-refractivity contribution is 5.48. The summed E-state index contributed by atoms with van der Waals surface area (Å²) in [7, 11) is 1.64. The highest BCUT2D eigenvalue weighted by atomic mass is 16.5. The number of anilines is 1. The van der Waals surface area contributed by atoms with E-state index in [1.807, 2.05) is 53.1 Å². The number of fused-ring (bicyclic) bond motifs is 1. The molecule has 0 aliphatic rings. The minimum absolute atomic E-state index is 0.396. The molecule has 0 radical (unpaired) electrons. The fourth-order valence-corrected chi connectivity index (χ4v) is 1.98. The SMILES string of the molecule is COc1ccc(OCc2cn3c(N)cccc3n2)cc1. The average molecular weight is 269 g/mol. The van der Waals surface area contributed by atoms with Crippen LogP contribution >= 0.6 is 0 Å². The molecule has 3 rings (SSSR count). The Balaban J connectivity index is 1.74. The van der Waals surface area contributed by atoms with Gasteiger partial charge in [-0.3, -0.25) is 4.40 Å². The van der Waals surface area contributed by atoms with Crippen molar-refractivity contribution in [2.45, 2.75) is 6.61 Å². The number of nitrogen functional groups attached to an aromatic ring is 1. The monoisotopic (exact) mass is 269 g/mol. The molecule has 0 fully saturated rings. The van der Waals surface area contributed by atoms with Gasteiger partial charge in [-0.2, -0.15) is 0 Å². The van der Waals surface area contributed by atoms with E-state index < -0.39 is 0 Å². The van der Waals surface area contributed by atoms with Gasteiger partial charge < -0.3 is 15.2 Å². The van der Waals surface area contributed by atoms with Gasteiger partial charge in [-0.25, -0.2) is 4.98 Å². The molecule has 5 nitrogen and oxygen atoms in total. The quantitative estimate of drug-likeness (QED) is 0.790. The van der Waals surface area contributed by atoms with Crippen molar-refractivity contribution in [3.63, 3.8) is 0 Å². The molecule has 0 atom stereocenters. The van der Waals surface area contributed by atoms with Gasteiger partial charge >= 0.3 is 0 Å². The lowest BCUT2D eigenvalue weighted by atomic mass is 10.3. The van der Waals surface area contributed by atoms with Gasteiger partial charge in [0.25, 0.3) is 0 Å². The van der Waals surface area contributed by atoms with Crippen molar-refractivity contribution in [3.8, 4) is 11.5 Å². The average Bonchev–Trinajstić information content (AvgIpc) is 2.90. The number of nitrogens with zero attached hydrogens (tertiary/aromatic N) is 2. The first-order chi connectivity index (χ1) is 9.76. The van der Waals surface area contributed by atoms with Gasteiger partial charge in [-0.05, 0) is 36.4 Å². The first-order valence-electron chi connectivity index (χ1n) is 6.25. The van der Waals surface area contributed by atoms with E-state index in [4.69, 9.17) is 15.2 Å². The highest BCUT2D eigenvalue weighted by Crippen LogP contribution is 2.18. The van der Waals surface area contributed by atoms with Gasteiger partial charge in [-0.15, -0.1) is 0 Å². The number of pyridine rings is 1. The van der Waals surface area contributed by atoms with Gasteiger partial charge in [0, 0.05) is 6.20 Å². The van der Waals surface area contributed by atoms with Crippen molar-refractivity contribution in [2.75, 3.05) is 12.8 Å². The number of rotatable bonds is 4. The van der Waals surface area contributed by atoms with Gasteiger partial charge in [0.15, 0.2) is 0 Å². The fraction of sp³-hybridized carbons (Fsp3) is 0.133. The number of imidazole rings is 1. The van der Waals surface area contributed by atoms with E-state index in [9.17, 15) is 0 Å². The highest BCUT2D eigenvalue weighted by Gasteiger charge is 2.04. The number of benzene rings is 1. The number of ether oxygens (including phenoxy) is 2. The van der Waals surface area contributed by atoms with Crippen LogP contribution < -0.4 is 15.2 Å². The normalized spacial score (nSPS) is 10.7. The van der Waals surface area contributed by atoms with Crippen LogP contribution in [0, 0.1) is 0 Å². The minimum Gasteiger partial charge on any atom is -0.497 e. The zero-order valence-electron chi connectivity index (χ0n) is 11.1. The molecule has 0 aliphatic carbocycles. The molecule has 1 aromatic carbocycles.